The average Bonchev–Trinajstić information content (AvgIpc) is 3.22. The fraction of sp³-hybridized carbons (Fsp3) is 0.471. The predicted octanol–water partition coefficient (Wildman–Crippen LogP) is 2.29. The van der Waals surface area contributed by atoms with Crippen molar-refractivity contribution < 1.29 is 12.9 Å². The van der Waals surface area contributed by atoms with Gasteiger partial charge in [0, 0.05) is 29.6 Å². The highest BCUT2D eigenvalue weighted by atomic mass is 127. The van der Waals surface area contributed by atoms with Gasteiger partial charge in [-0.15, -0.1) is 24.0 Å². The second-order valence-electron chi connectivity index (χ2n) is 6.27. The van der Waals surface area contributed by atoms with E-state index in [2.05, 4.69) is 25.8 Å². The molecule has 0 radical (unpaired) electrons. The molecule has 0 spiro atoms. The fourth-order valence-electron chi connectivity index (χ4n) is 2.76. The van der Waals surface area contributed by atoms with Crippen molar-refractivity contribution in [3.8, 4) is 11.4 Å². The number of guanidine groups is 1. The number of halogens is 2. The van der Waals surface area contributed by atoms with E-state index in [1.165, 1.54) is 0 Å². The molecule has 1 atom stereocenters. The van der Waals surface area contributed by atoms with Gasteiger partial charge in [0.2, 0.25) is 11.7 Å². The van der Waals surface area contributed by atoms with Crippen LogP contribution in [-0.4, -0.2) is 55.2 Å². The van der Waals surface area contributed by atoms with E-state index in [1.807, 2.05) is 19.1 Å². The van der Waals surface area contributed by atoms with Crippen molar-refractivity contribution in [3.05, 3.63) is 35.2 Å². The number of nitrogens with one attached hydrogen (secondary N) is 2. The van der Waals surface area contributed by atoms with Crippen molar-refractivity contribution in [1.29, 1.82) is 0 Å². The molecule has 154 valence electrons. The summed E-state index contributed by atoms with van der Waals surface area (Å²) < 4.78 is 28.4. The van der Waals surface area contributed by atoms with Gasteiger partial charge >= 0.3 is 0 Å². The lowest BCUT2D eigenvalue weighted by molar-refractivity contribution is 0.380. The van der Waals surface area contributed by atoms with Gasteiger partial charge in [-0.25, -0.2) is 8.42 Å². The molecule has 0 saturated carbocycles. The zero-order valence-corrected chi connectivity index (χ0v) is 19.3. The molecule has 0 amide bonds. The van der Waals surface area contributed by atoms with Crippen LogP contribution >= 0.6 is 35.6 Å². The first-order valence-electron chi connectivity index (χ1n) is 8.79. The molecule has 1 aromatic heterocycles. The Morgan fingerprint density at radius 2 is 2.11 bits per heavy atom. The Bertz CT molecular complexity index is 902. The van der Waals surface area contributed by atoms with Gasteiger partial charge in [-0.3, -0.25) is 4.99 Å². The zero-order valence-electron chi connectivity index (χ0n) is 15.4. The maximum absolute atomic E-state index is 11.6. The van der Waals surface area contributed by atoms with E-state index >= 15 is 0 Å². The molecule has 1 aliphatic heterocycles. The molecule has 1 unspecified atom stereocenters. The Balaban J connectivity index is 0.00000280. The van der Waals surface area contributed by atoms with Gasteiger partial charge in [-0.1, -0.05) is 16.8 Å². The second-order valence-corrected chi connectivity index (χ2v) is 8.94. The Kier molecular flexibility index (Phi) is 8.50. The van der Waals surface area contributed by atoms with Crippen LogP contribution in [-0.2, 0) is 16.3 Å². The Hall–Kier alpha value is -1.40. The van der Waals surface area contributed by atoms with Gasteiger partial charge in [0.1, 0.15) is 0 Å². The monoisotopic (exact) mass is 539 g/mol. The summed E-state index contributed by atoms with van der Waals surface area (Å²) in [5.74, 6) is 1.96. The molecule has 2 aromatic rings. The van der Waals surface area contributed by atoms with E-state index < -0.39 is 9.84 Å². The summed E-state index contributed by atoms with van der Waals surface area (Å²) in [6.07, 6.45) is 1.08. The van der Waals surface area contributed by atoms with Crippen molar-refractivity contribution in [1.82, 2.24) is 20.8 Å². The van der Waals surface area contributed by atoms with E-state index in [0.717, 1.165) is 5.56 Å². The summed E-state index contributed by atoms with van der Waals surface area (Å²) in [7, 11) is -2.93. The van der Waals surface area contributed by atoms with E-state index in [4.69, 9.17) is 16.1 Å². The molecule has 2 N–H and O–H groups in total. The summed E-state index contributed by atoms with van der Waals surface area (Å²) in [5.41, 5.74) is 0.829. The van der Waals surface area contributed by atoms with Gasteiger partial charge in [0.15, 0.2) is 15.8 Å². The minimum atomic E-state index is -2.93. The highest BCUT2D eigenvalue weighted by Gasteiger charge is 2.28. The Morgan fingerprint density at radius 3 is 2.75 bits per heavy atom. The second kappa shape index (κ2) is 10.4. The molecular formula is C17H23ClIN5O3S. The SMILES string of the molecule is CCNC(=NCCc1nc(-c2ccc(Cl)cc2)no1)NC1CCS(=O)(=O)C1.I. The minimum absolute atomic E-state index is 0. The fourth-order valence-corrected chi connectivity index (χ4v) is 4.56. The topological polar surface area (TPSA) is 109 Å². The largest absolute Gasteiger partial charge is 0.357 e. The molecule has 0 bridgehead atoms. The summed E-state index contributed by atoms with van der Waals surface area (Å²) in [5, 5.41) is 10.9. The minimum Gasteiger partial charge on any atom is -0.357 e. The lowest BCUT2D eigenvalue weighted by atomic mass is 10.2. The van der Waals surface area contributed by atoms with Gasteiger partial charge in [-0.05, 0) is 37.6 Å². The van der Waals surface area contributed by atoms with Crippen molar-refractivity contribution in [3.63, 3.8) is 0 Å². The normalized spacial score (nSPS) is 18.5. The molecule has 1 aliphatic rings. The molecule has 28 heavy (non-hydrogen) atoms. The summed E-state index contributed by atoms with van der Waals surface area (Å²) >= 11 is 5.88. The van der Waals surface area contributed by atoms with Crippen LogP contribution in [0.4, 0.5) is 0 Å². The molecule has 1 saturated heterocycles. The van der Waals surface area contributed by atoms with Crippen molar-refractivity contribution >= 4 is 51.4 Å². The van der Waals surface area contributed by atoms with Crippen molar-refractivity contribution in [2.75, 3.05) is 24.6 Å². The summed E-state index contributed by atoms with van der Waals surface area (Å²) in [6, 6.07) is 7.10. The van der Waals surface area contributed by atoms with Crippen molar-refractivity contribution in [2.45, 2.75) is 25.8 Å². The third-order valence-electron chi connectivity index (χ3n) is 4.08. The van der Waals surface area contributed by atoms with Gasteiger partial charge in [0.05, 0.1) is 18.1 Å². The van der Waals surface area contributed by atoms with Crippen LogP contribution < -0.4 is 10.6 Å². The van der Waals surface area contributed by atoms with E-state index in [-0.39, 0.29) is 41.5 Å². The summed E-state index contributed by atoms with van der Waals surface area (Å²) in [4.78, 5) is 8.83. The molecule has 3 rings (SSSR count). The van der Waals surface area contributed by atoms with Crippen LogP contribution in [0, 0.1) is 0 Å². The number of aliphatic imine (C=N–C) groups is 1. The first kappa shape index (κ1) is 22.9. The number of sulfone groups is 1. The standard InChI is InChI=1S/C17H22ClN5O3S.HI/c1-2-19-17(21-14-8-10-27(24,25)11-14)20-9-7-15-22-16(23-26-15)12-3-5-13(18)6-4-12;/h3-6,14H,2,7-11H2,1H3,(H2,19,20,21);1H. The van der Waals surface area contributed by atoms with Crippen LogP contribution in [0.5, 0.6) is 0 Å². The zero-order chi connectivity index (χ0) is 19.3. The molecule has 8 nitrogen and oxygen atoms in total. The lowest BCUT2D eigenvalue weighted by Crippen LogP contribution is -2.44. The highest BCUT2D eigenvalue weighted by molar-refractivity contribution is 14.0. The third kappa shape index (κ3) is 6.59. The number of nitrogens with zero attached hydrogens (tertiary/aromatic N) is 3. The number of benzene rings is 1. The van der Waals surface area contributed by atoms with E-state index in [1.54, 1.807) is 12.1 Å². The van der Waals surface area contributed by atoms with E-state index in [9.17, 15) is 8.42 Å². The van der Waals surface area contributed by atoms with Crippen LogP contribution in [0.1, 0.15) is 19.2 Å². The van der Waals surface area contributed by atoms with Crippen LogP contribution in [0.2, 0.25) is 5.02 Å². The molecular weight excluding hydrogens is 517 g/mol. The highest BCUT2D eigenvalue weighted by Crippen LogP contribution is 2.18. The number of hydrogen-bond acceptors (Lipinski definition) is 6. The van der Waals surface area contributed by atoms with Crippen molar-refractivity contribution in [2.24, 2.45) is 4.99 Å². The Labute approximate surface area is 186 Å². The predicted molar refractivity (Wildman–Crippen MR) is 120 cm³/mol. The number of rotatable bonds is 6. The molecule has 2 heterocycles. The molecule has 1 fully saturated rings. The van der Waals surface area contributed by atoms with Crippen LogP contribution in [0.15, 0.2) is 33.8 Å². The molecule has 1 aromatic carbocycles. The first-order chi connectivity index (χ1) is 12.9. The number of aromatic nitrogens is 2. The Morgan fingerprint density at radius 1 is 1.36 bits per heavy atom. The number of hydrogen-bond donors (Lipinski definition) is 2. The van der Waals surface area contributed by atoms with Gasteiger partial charge in [-0.2, -0.15) is 4.98 Å². The molecule has 0 aliphatic carbocycles. The van der Waals surface area contributed by atoms with E-state index in [0.29, 0.717) is 48.6 Å². The van der Waals surface area contributed by atoms with Gasteiger partial charge in [0.25, 0.3) is 0 Å². The maximum atomic E-state index is 11.6. The van der Waals surface area contributed by atoms with Gasteiger partial charge < -0.3 is 15.2 Å². The van der Waals surface area contributed by atoms with Crippen LogP contribution in [0.3, 0.4) is 0 Å². The average molecular weight is 540 g/mol. The van der Waals surface area contributed by atoms with Crippen LogP contribution in [0.25, 0.3) is 11.4 Å². The quantitative estimate of drug-likeness (QED) is 0.329. The lowest BCUT2D eigenvalue weighted by Gasteiger charge is -2.15. The third-order valence-corrected chi connectivity index (χ3v) is 6.10. The smallest absolute Gasteiger partial charge is 0.228 e. The molecule has 11 heteroatoms. The maximum Gasteiger partial charge on any atom is 0.228 e. The summed E-state index contributed by atoms with van der Waals surface area (Å²) in [6.45, 7) is 3.09. The first-order valence-corrected chi connectivity index (χ1v) is 11.0.